The maximum absolute atomic E-state index is 10.3. The van der Waals surface area contributed by atoms with Gasteiger partial charge in [-0.25, -0.2) is 0 Å². The monoisotopic (exact) mass is 329 g/mol. The molecule has 0 radical (unpaired) electrons. The molecule has 0 spiro atoms. The van der Waals surface area contributed by atoms with Crippen molar-refractivity contribution >= 4 is 10.8 Å². The van der Waals surface area contributed by atoms with E-state index in [1.54, 1.807) is 0 Å². The van der Waals surface area contributed by atoms with Crippen molar-refractivity contribution < 1.29 is 14.9 Å². The molecule has 2 unspecified atom stereocenters. The van der Waals surface area contributed by atoms with E-state index < -0.39 is 6.10 Å². The molecule has 4 nitrogen and oxygen atoms in total. The quantitative estimate of drug-likeness (QED) is 0.855. The fraction of sp³-hybridized carbons (Fsp3) is 0.500. The number of β-amino-alcohol motifs (C(OH)–C–C–N with tert-alkyl or cyclic N) is 1. The van der Waals surface area contributed by atoms with Crippen LogP contribution in [0, 0.1) is 5.41 Å². The Balaban J connectivity index is 1.56. The first-order chi connectivity index (χ1) is 11.6. The summed E-state index contributed by atoms with van der Waals surface area (Å²) in [6.45, 7) is 4.97. The predicted molar refractivity (Wildman–Crippen MR) is 96.3 cm³/mol. The standard InChI is InChI=1S/C20H27NO3/c1-20(15-22)10-5-11-21(14-20)12-17(23)13-24-19-9-4-7-16-6-2-3-8-18(16)19/h2-4,6-9,17,22-23H,5,10-15H2,1H3. The highest BCUT2D eigenvalue weighted by Crippen LogP contribution is 2.29. The molecular formula is C20H27NO3. The van der Waals surface area contributed by atoms with Crippen LogP contribution in [0.4, 0.5) is 0 Å². The van der Waals surface area contributed by atoms with Crippen molar-refractivity contribution in [3.63, 3.8) is 0 Å². The van der Waals surface area contributed by atoms with E-state index in [1.807, 2.05) is 30.3 Å². The van der Waals surface area contributed by atoms with Gasteiger partial charge in [-0.3, -0.25) is 0 Å². The van der Waals surface area contributed by atoms with Gasteiger partial charge in [0.2, 0.25) is 0 Å². The van der Waals surface area contributed by atoms with Crippen LogP contribution in [-0.4, -0.2) is 54.1 Å². The number of aliphatic hydroxyl groups excluding tert-OH is 2. The Morgan fingerprint density at radius 3 is 2.83 bits per heavy atom. The van der Waals surface area contributed by atoms with Crippen LogP contribution in [0.1, 0.15) is 19.8 Å². The summed E-state index contributed by atoms with van der Waals surface area (Å²) in [7, 11) is 0. The smallest absolute Gasteiger partial charge is 0.127 e. The zero-order chi connectivity index (χ0) is 17.0. The molecule has 2 N–H and O–H groups in total. The summed E-state index contributed by atoms with van der Waals surface area (Å²) in [4.78, 5) is 2.23. The molecule has 1 saturated heterocycles. The predicted octanol–water partition coefficient (Wildman–Crippen LogP) is 2.67. The normalized spacial score (nSPS) is 23.3. The fourth-order valence-corrected chi connectivity index (χ4v) is 3.57. The van der Waals surface area contributed by atoms with Crippen LogP contribution in [0.15, 0.2) is 42.5 Å². The molecule has 1 aliphatic rings. The van der Waals surface area contributed by atoms with Crippen molar-refractivity contribution in [3.8, 4) is 5.75 Å². The maximum Gasteiger partial charge on any atom is 0.127 e. The molecule has 1 heterocycles. The van der Waals surface area contributed by atoms with Crippen LogP contribution < -0.4 is 4.74 Å². The number of ether oxygens (including phenoxy) is 1. The minimum absolute atomic E-state index is 0.0472. The van der Waals surface area contributed by atoms with E-state index in [9.17, 15) is 10.2 Å². The number of benzene rings is 2. The van der Waals surface area contributed by atoms with Crippen LogP contribution in [-0.2, 0) is 0 Å². The first-order valence-electron chi connectivity index (χ1n) is 8.71. The Morgan fingerprint density at radius 2 is 2.00 bits per heavy atom. The third kappa shape index (κ3) is 4.07. The van der Waals surface area contributed by atoms with Gasteiger partial charge in [-0.15, -0.1) is 0 Å². The Kier molecular flexibility index (Phi) is 5.39. The van der Waals surface area contributed by atoms with Crippen LogP contribution in [0.3, 0.4) is 0 Å². The number of hydrogen-bond acceptors (Lipinski definition) is 4. The molecule has 3 rings (SSSR count). The summed E-state index contributed by atoms with van der Waals surface area (Å²) in [5.74, 6) is 0.811. The highest BCUT2D eigenvalue weighted by atomic mass is 16.5. The second kappa shape index (κ2) is 7.51. The van der Waals surface area contributed by atoms with Gasteiger partial charge in [0.05, 0.1) is 0 Å². The summed E-state index contributed by atoms with van der Waals surface area (Å²) in [5.41, 5.74) is -0.0472. The molecule has 1 fully saturated rings. The van der Waals surface area contributed by atoms with Crippen molar-refractivity contribution in [1.29, 1.82) is 0 Å². The lowest BCUT2D eigenvalue weighted by atomic mass is 9.83. The molecule has 1 aliphatic heterocycles. The van der Waals surface area contributed by atoms with E-state index in [-0.39, 0.29) is 18.6 Å². The number of likely N-dealkylation sites (tertiary alicyclic amines) is 1. The number of aliphatic hydroxyl groups is 2. The Labute approximate surface area is 143 Å². The van der Waals surface area contributed by atoms with Crippen molar-refractivity contribution in [2.24, 2.45) is 5.41 Å². The van der Waals surface area contributed by atoms with Crippen molar-refractivity contribution in [2.75, 3.05) is 32.8 Å². The molecule has 0 aliphatic carbocycles. The molecule has 0 amide bonds. The topological polar surface area (TPSA) is 52.9 Å². The zero-order valence-corrected chi connectivity index (χ0v) is 14.3. The third-order valence-electron chi connectivity index (χ3n) is 4.89. The molecule has 24 heavy (non-hydrogen) atoms. The molecule has 0 aromatic heterocycles. The van der Waals surface area contributed by atoms with Gasteiger partial charge < -0.3 is 19.8 Å². The molecule has 2 aromatic carbocycles. The first kappa shape index (κ1) is 17.2. The van der Waals surface area contributed by atoms with Crippen LogP contribution in [0.2, 0.25) is 0 Å². The summed E-state index contributed by atoms with van der Waals surface area (Å²) < 4.78 is 5.87. The lowest BCUT2D eigenvalue weighted by Crippen LogP contribution is -2.47. The van der Waals surface area contributed by atoms with Crippen LogP contribution in [0.25, 0.3) is 10.8 Å². The van der Waals surface area contributed by atoms with Gasteiger partial charge in [0.15, 0.2) is 0 Å². The number of hydrogen-bond donors (Lipinski definition) is 2. The largest absolute Gasteiger partial charge is 0.490 e. The highest BCUT2D eigenvalue weighted by Gasteiger charge is 2.31. The first-order valence-corrected chi connectivity index (χ1v) is 8.71. The molecule has 2 atom stereocenters. The summed E-state index contributed by atoms with van der Waals surface area (Å²) in [6.07, 6.45) is 1.57. The maximum atomic E-state index is 10.3. The van der Waals surface area contributed by atoms with E-state index in [4.69, 9.17) is 4.74 Å². The van der Waals surface area contributed by atoms with E-state index in [1.165, 1.54) is 0 Å². The SMILES string of the molecule is CC1(CO)CCCN(CC(O)COc2cccc3ccccc23)C1. The highest BCUT2D eigenvalue weighted by molar-refractivity contribution is 5.88. The van der Waals surface area contributed by atoms with Gasteiger partial charge >= 0.3 is 0 Å². The number of rotatable bonds is 6. The second-order valence-corrected chi connectivity index (χ2v) is 7.25. The Morgan fingerprint density at radius 1 is 1.21 bits per heavy atom. The summed E-state index contributed by atoms with van der Waals surface area (Å²) in [5, 5.41) is 22.1. The van der Waals surface area contributed by atoms with Crippen LogP contribution >= 0.6 is 0 Å². The van der Waals surface area contributed by atoms with Crippen molar-refractivity contribution in [2.45, 2.75) is 25.9 Å². The summed E-state index contributed by atoms with van der Waals surface area (Å²) >= 11 is 0. The third-order valence-corrected chi connectivity index (χ3v) is 4.89. The van der Waals surface area contributed by atoms with Gasteiger partial charge in [0.1, 0.15) is 18.5 Å². The molecule has 130 valence electrons. The van der Waals surface area contributed by atoms with E-state index in [0.29, 0.717) is 6.54 Å². The van der Waals surface area contributed by atoms with Crippen LogP contribution in [0.5, 0.6) is 5.75 Å². The lowest BCUT2D eigenvalue weighted by molar-refractivity contribution is 0.0102. The minimum atomic E-state index is -0.537. The van der Waals surface area contributed by atoms with Gasteiger partial charge in [0, 0.05) is 30.5 Å². The fourth-order valence-electron chi connectivity index (χ4n) is 3.57. The van der Waals surface area contributed by atoms with Gasteiger partial charge in [-0.1, -0.05) is 43.3 Å². The number of nitrogens with zero attached hydrogens (tertiary/aromatic N) is 1. The average molecular weight is 329 g/mol. The van der Waals surface area contributed by atoms with Gasteiger partial charge in [-0.05, 0) is 30.8 Å². The molecule has 0 saturated carbocycles. The van der Waals surface area contributed by atoms with Crippen molar-refractivity contribution in [1.82, 2.24) is 4.90 Å². The Hall–Kier alpha value is -1.62. The average Bonchev–Trinajstić information content (AvgIpc) is 2.60. The second-order valence-electron chi connectivity index (χ2n) is 7.25. The lowest BCUT2D eigenvalue weighted by Gasteiger charge is -2.40. The van der Waals surface area contributed by atoms with Crippen molar-refractivity contribution in [3.05, 3.63) is 42.5 Å². The van der Waals surface area contributed by atoms with E-state index >= 15 is 0 Å². The zero-order valence-electron chi connectivity index (χ0n) is 14.3. The molecular weight excluding hydrogens is 302 g/mol. The number of piperidine rings is 1. The van der Waals surface area contributed by atoms with E-state index in [2.05, 4.69) is 24.0 Å². The van der Waals surface area contributed by atoms with E-state index in [0.717, 1.165) is 42.5 Å². The minimum Gasteiger partial charge on any atom is -0.490 e. The molecule has 0 bridgehead atoms. The van der Waals surface area contributed by atoms with Gasteiger partial charge in [0.25, 0.3) is 0 Å². The van der Waals surface area contributed by atoms with Gasteiger partial charge in [-0.2, -0.15) is 0 Å². The number of fused-ring (bicyclic) bond motifs is 1. The summed E-state index contributed by atoms with van der Waals surface area (Å²) in [6, 6.07) is 14.1. The molecule has 4 heteroatoms. The Bertz CT molecular complexity index is 669. The molecule has 2 aromatic rings.